The number of nitrogens with zero attached hydrogens (tertiary/aromatic N) is 5. The fourth-order valence-corrected chi connectivity index (χ4v) is 9.92. The highest BCUT2D eigenvalue weighted by molar-refractivity contribution is 6.36. The van der Waals surface area contributed by atoms with Crippen LogP contribution in [0.25, 0.3) is 0 Å². The molecule has 1 aromatic heterocycles. The normalized spacial score (nSPS) is 19.0. The topological polar surface area (TPSA) is 192 Å². The van der Waals surface area contributed by atoms with Gasteiger partial charge in [-0.25, -0.2) is 4.39 Å². The van der Waals surface area contributed by atoms with Crippen LogP contribution in [0.4, 0.5) is 21.6 Å². The van der Waals surface area contributed by atoms with E-state index in [-0.39, 0.29) is 69.1 Å². The summed E-state index contributed by atoms with van der Waals surface area (Å²) in [6, 6.07) is 16.0. The third-order valence-electron chi connectivity index (χ3n) is 12.8. The van der Waals surface area contributed by atoms with Crippen molar-refractivity contribution in [1.82, 2.24) is 30.2 Å². The van der Waals surface area contributed by atoms with Gasteiger partial charge in [0.05, 0.1) is 5.02 Å². The number of carbonyl (C=O) groups is 5. The lowest BCUT2D eigenvalue weighted by Gasteiger charge is -2.44. The molecule has 4 atom stereocenters. The van der Waals surface area contributed by atoms with Gasteiger partial charge >= 0.3 is 0 Å². The molecule has 3 aliphatic heterocycles. The molecular weight excluding hydrogens is 900 g/mol. The first-order chi connectivity index (χ1) is 32.2. The quantitative estimate of drug-likeness (QED) is 0.0401. The van der Waals surface area contributed by atoms with Gasteiger partial charge in [0.2, 0.25) is 11.8 Å². The molecule has 2 saturated heterocycles. The van der Waals surface area contributed by atoms with Gasteiger partial charge in [-0.2, -0.15) is 0 Å². The molecule has 0 bridgehead atoms. The van der Waals surface area contributed by atoms with E-state index in [1.54, 1.807) is 42.2 Å². The number of ether oxygens (including phenoxy) is 1. The number of imide groups is 1. The average molecular weight is 959 g/mol. The second-order valence-corrected chi connectivity index (χ2v) is 18.4. The number of rotatable bonds is 19. The highest BCUT2D eigenvalue weighted by Gasteiger charge is 2.40. The van der Waals surface area contributed by atoms with Crippen molar-refractivity contribution in [3.05, 3.63) is 104 Å². The van der Waals surface area contributed by atoms with Crippen LogP contribution in [0, 0.1) is 5.82 Å². The molecule has 0 spiro atoms. The molecule has 2 fully saturated rings. The molecular formula is C49H58Cl2FN9O6. The number of anilines is 3. The van der Waals surface area contributed by atoms with Crippen molar-refractivity contribution in [2.45, 2.75) is 116 Å². The summed E-state index contributed by atoms with van der Waals surface area (Å²) in [4.78, 5) is 69.9. The van der Waals surface area contributed by atoms with Gasteiger partial charge in [0, 0.05) is 89.4 Å². The van der Waals surface area contributed by atoms with Gasteiger partial charge < -0.3 is 30.9 Å². The predicted molar refractivity (Wildman–Crippen MR) is 256 cm³/mol. The molecule has 0 aliphatic carbocycles. The monoisotopic (exact) mass is 957 g/mol. The zero-order chi connectivity index (χ0) is 47.8. The average Bonchev–Trinajstić information content (AvgIpc) is 3.64. The molecule has 4 heterocycles. The van der Waals surface area contributed by atoms with Crippen molar-refractivity contribution in [1.29, 1.82) is 0 Å². The minimum Gasteiger partial charge on any atom is -0.482 e. The number of nitrogen functional groups attached to an aromatic ring is 1. The van der Waals surface area contributed by atoms with Crippen LogP contribution < -0.4 is 26.4 Å². The SMILES string of the molecule is C[C@@H](Oc1cc(C(=O)Nc2ccc(C(=O)N3C[C@H](C)N(CCCCCCCCCCNc4cccc5c4CN(C4CCC(=O)NC4=O)C5=O)[C@@H](C)C3)cc2)nnc1N)c1c(Cl)ccc(F)c1Cl. The molecule has 4 aromatic rings. The van der Waals surface area contributed by atoms with Gasteiger partial charge in [-0.3, -0.25) is 34.2 Å². The summed E-state index contributed by atoms with van der Waals surface area (Å²) in [7, 11) is 0. The summed E-state index contributed by atoms with van der Waals surface area (Å²) in [6.45, 7) is 9.37. The molecule has 356 valence electrons. The Bertz CT molecular complexity index is 2470. The second-order valence-electron chi connectivity index (χ2n) is 17.7. The van der Waals surface area contributed by atoms with E-state index < -0.39 is 29.8 Å². The molecule has 0 saturated carbocycles. The molecule has 18 heteroatoms. The van der Waals surface area contributed by atoms with Gasteiger partial charge in [0.1, 0.15) is 18.0 Å². The van der Waals surface area contributed by atoms with E-state index in [1.807, 2.05) is 17.0 Å². The van der Waals surface area contributed by atoms with Crippen LogP contribution in [-0.2, 0) is 16.1 Å². The fraction of sp³-hybridized carbons (Fsp3) is 0.449. The van der Waals surface area contributed by atoms with Crippen LogP contribution in [-0.4, -0.2) is 98.7 Å². The smallest absolute Gasteiger partial charge is 0.276 e. The van der Waals surface area contributed by atoms with E-state index in [0.29, 0.717) is 42.9 Å². The number of carbonyl (C=O) groups excluding carboxylic acids is 5. The molecule has 5 N–H and O–H groups in total. The standard InChI is InChI=1S/C49H58Cl2FN9O6/c1-29-26-59(48(65)32-15-17-33(18-16-32)55-46(63)39-25-41(45(53)58-57-39)67-31(3)43-36(50)19-20-37(52)44(43)51)27-30(2)60(29)24-11-9-7-5-4-6-8-10-23-54-38-14-12-13-34-35(38)28-61(49(34)66)40-21-22-42(62)56-47(40)64/h12-20,25,29-31,40,54H,4-11,21-24,26-28H2,1-3H3,(H2,53,58)(H,55,63)(H,56,62,64)/t29-,30-,31+,40?/m0/s1. The highest BCUT2D eigenvalue weighted by Crippen LogP contribution is 2.36. The van der Waals surface area contributed by atoms with Crippen LogP contribution in [0.2, 0.25) is 10.0 Å². The Hall–Kier alpha value is -5.84. The van der Waals surface area contributed by atoms with Crippen LogP contribution in [0.15, 0.2) is 60.7 Å². The Kier molecular flexibility index (Phi) is 16.3. The minimum absolute atomic E-state index is 0.0390. The van der Waals surface area contributed by atoms with Crippen LogP contribution in [0.3, 0.4) is 0 Å². The molecule has 5 amide bonds. The van der Waals surface area contributed by atoms with Gasteiger partial charge in [-0.05, 0) is 95.1 Å². The molecule has 1 unspecified atom stereocenters. The third kappa shape index (κ3) is 11.8. The maximum absolute atomic E-state index is 14.1. The lowest BCUT2D eigenvalue weighted by Crippen LogP contribution is -2.58. The number of benzene rings is 3. The number of hydrogen-bond acceptors (Lipinski definition) is 11. The second kappa shape index (κ2) is 22.3. The van der Waals surface area contributed by atoms with Crippen molar-refractivity contribution < 1.29 is 33.1 Å². The van der Waals surface area contributed by atoms with Gasteiger partial charge in [-0.1, -0.05) is 67.8 Å². The first kappa shape index (κ1) is 49.1. The number of nitrogens with two attached hydrogens (primary N) is 1. The van der Waals surface area contributed by atoms with Gasteiger partial charge in [0.25, 0.3) is 17.7 Å². The maximum atomic E-state index is 14.1. The summed E-state index contributed by atoms with van der Waals surface area (Å²) < 4.78 is 20.0. The van der Waals surface area contributed by atoms with Crippen LogP contribution in [0.5, 0.6) is 5.75 Å². The van der Waals surface area contributed by atoms with Gasteiger partial charge in [0.15, 0.2) is 17.3 Å². The number of aromatic nitrogens is 2. The van der Waals surface area contributed by atoms with E-state index in [1.165, 1.54) is 37.8 Å². The largest absolute Gasteiger partial charge is 0.482 e. The number of hydrogen-bond donors (Lipinski definition) is 4. The lowest BCUT2D eigenvalue weighted by molar-refractivity contribution is -0.136. The Morgan fingerprint density at radius 1 is 0.925 bits per heavy atom. The first-order valence-electron chi connectivity index (χ1n) is 23.1. The van der Waals surface area contributed by atoms with E-state index in [2.05, 4.69) is 44.9 Å². The Morgan fingerprint density at radius 2 is 1.61 bits per heavy atom. The fourth-order valence-electron chi connectivity index (χ4n) is 9.25. The molecule has 3 aromatic carbocycles. The number of nitrogens with one attached hydrogen (secondary N) is 3. The summed E-state index contributed by atoms with van der Waals surface area (Å²) >= 11 is 12.4. The van der Waals surface area contributed by atoms with Crippen molar-refractivity contribution in [3.63, 3.8) is 0 Å². The van der Waals surface area contributed by atoms with Crippen molar-refractivity contribution in [3.8, 4) is 5.75 Å². The third-order valence-corrected chi connectivity index (χ3v) is 13.5. The molecule has 67 heavy (non-hydrogen) atoms. The predicted octanol–water partition coefficient (Wildman–Crippen LogP) is 8.43. The zero-order valence-electron chi connectivity index (χ0n) is 38.1. The maximum Gasteiger partial charge on any atom is 0.276 e. The molecule has 0 radical (unpaired) electrons. The van der Waals surface area contributed by atoms with Gasteiger partial charge in [-0.15, -0.1) is 10.2 Å². The van der Waals surface area contributed by atoms with E-state index in [0.717, 1.165) is 56.1 Å². The summed E-state index contributed by atoms with van der Waals surface area (Å²) in [5, 5.41) is 16.4. The number of piperazine rings is 1. The van der Waals surface area contributed by atoms with Crippen molar-refractivity contribution >= 4 is 69.9 Å². The molecule has 3 aliphatic rings. The Labute approximate surface area is 400 Å². The number of amides is 5. The Balaban J connectivity index is 0.771. The summed E-state index contributed by atoms with van der Waals surface area (Å²) in [5.41, 5.74) is 9.55. The molecule has 15 nitrogen and oxygen atoms in total. The zero-order valence-corrected chi connectivity index (χ0v) is 39.6. The number of fused-ring (bicyclic) bond motifs is 1. The summed E-state index contributed by atoms with van der Waals surface area (Å²) in [6.07, 6.45) is 8.92. The van der Waals surface area contributed by atoms with Crippen molar-refractivity contribution in [2.75, 3.05) is 42.5 Å². The van der Waals surface area contributed by atoms with E-state index in [4.69, 9.17) is 33.7 Å². The number of piperidine rings is 1. The number of halogens is 3. The minimum atomic E-state index is -0.830. The van der Waals surface area contributed by atoms with E-state index in [9.17, 15) is 28.4 Å². The highest BCUT2D eigenvalue weighted by atomic mass is 35.5. The van der Waals surface area contributed by atoms with Crippen LogP contribution >= 0.6 is 23.2 Å². The first-order valence-corrected chi connectivity index (χ1v) is 23.9. The summed E-state index contributed by atoms with van der Waals surface area (Å²) in [5.74, 6) is -2.20. The lowest BCUT2D eigenvalue weighted by atomic mass is 10.0. The van der Waals surface area contributed by atoms with Crippen molar-refractivity contribution in [2.24, 2.45) is 0 Å². The van der Waals surface area contributed by atoms with E-state index >= 15 is 0 Å². The molecule has 7 rings (SSSR count). The number of unbranched alkanes of at least 4 members (excludes halogenated alkanes) is 7. The van der Waals surface area contributed by atoms with Crippen LogP contribution in [0.1, 0.15) is 133 Å². The Morgan fingerprint density at radius 3 is 2.31 bits per heavy atom.